The molecule has 118 valence electrons. The van der Waals surface area contributed by atoms with Gasteiger partial charge in [0.25, 0.3) is 5.91 Å². The van der Waals surface area contributed by atoms with Gasteiger partial charge in [-0.15, -0.1) is 12.4 Å². The number of likely N-dealkylation sites (N-methyl/N-ethyl adjacent to an activating group) is 1. The van der Waals surface area contributed by atoms with E-state index in [1.807, 2.05) is 30.9 Å². The minimum Gasteiger partial charge on any atom is -0.481 e. The predicted molar refractivity (Wildman–Crippen MR) is 87.3 cm³/mol. The summed E-state index contributed by atoms with van der Waals surface area (Å²) in [6.07, 6.45) is -0.432. The molecule has 2 rings (SSSR count). The van der Waals surface area contributed by atoms with Gasteiger partial charge >= 0.3 is 0 Å². The number of benzene rings is 1. The third-order valence-electron chi connectivity index (χ3n) is 4.02. The molecule has 1 aliphatic heterocycles. The maximum absolute atomic E-state index is 12.4. The standard InChI is InChI=1S/C16H24N2O2.ClH/c1-12-6-5-7-15(13(12)2)20-14(3)16(19)18-10-8-17(4)9-11-18;/h5-7,14H,8-11H2,1-4H3;1H. The fourth-order valence-electron chi connectivity index (χ4n) is 2.38. The minimum atomic E-state index is -0.432. The molecular weight excluding hydrogens is 288 g/mol. The summed E-state index contributed by atoms with van der Waals surface area (Å²) < 4.78 is 5.86. The number of amides is 1. The van der Waals surface area contributed by atoms with Crippen molar-refractivity contribution in [1.29, 1.82) is 0 Å². The van der Waals surface area contributed by atoms with Gasteiger partial charge < -0.3 is 14.5 Å². The van der Waals surface area contributed by atoms with Gasteiger partial charge in [-0.1, -0.05) is 12.1 Å². The number of carbonyl (C=O) groups excluding carboxylic acids is 1. The van der Waals surface area contributed by atoms with Crippen LogP contribution < -0.4 is 4.74 Å². The van der Waals surface area contributed by atoms with Crippen LogP contribution in [0.4, 0.5) is 0 Å². The molecule has 21 heavy (non-hydrogen) atoms. The average Bonchev–Trinajstić information content (AvgIpc) is 2.44. The Morgan fingerprint density at radius 2 is 1.81 bits per heavy atom. The molecule has 0 bridgehead atoms. The topological polar surface area (TPSA) is 32.8 Å². The average molecular weight is 313 g/mol. The minimum absolute atomic E-state index is 0. The summed E-state index contributed by atoms with van der Waals surface area (Å²) in [7, 11) is 2.08. The predicted octanol–water partition coefficient (Wildman–Crippen LogP) is 2.27. The molecule has 0 N–H and O–H groups in total. The second-order valence-corrected chi connectivity index (χ2v) is 5.59. The molecule has 0 radical (unpaired) electrons. The monoisotopic (exact) mass is 312 g/mol. The van der Waals surface area contributed by atoms with Crippen LogP contribution in [-0.2, 0) is 4.79 Å². The highest BCUT2D eigenvalue weighted by molar-refractivity contribution is 5.85. The first-order valence-corrected chi connectivity index (χ1v) is 7.19. The van der Waals surface area contributed by atoms with Gasteiger partial charge in [-0.25, -0.2) is 0 Å². The Morgan fingerprint density at radius 3 is 2.43 bits per heavy atom. The van der Waals surface area contributed by atoms with Gasteiger partial charge in [0.1, 0.15) is 5.75 Å². The molecule has 1 fully saturated rings. The molecule has 1 saturated heterocycles. The number of hydrogen-bond donors (Lipinski definition) is 0. The van der Waals surface area contributed by atoms with Crippen LogP contribution in [-0.4, -0.2) is 55.0 Å². The number of aryl methyl sites for hydroxylation is 1. The van der Waals surface area contributed by atoms with Crippen LogP contribution in [0.25, 0.3) is 0 Å². The fourth-order valence-corrected chi connectivity index (χ4v) is 2.38. The molecule has 1 unspecified atom stereocenters. The zero-order chi connectivity index (χ0) is 14.7. The third-order valence-corrected chi connectivity index (χ3v) is 4.02. The summed E-state index contributed by atoms with van der Waals surface area (Å²) in [5.41, 5.74) is 2.28. The third kappa shape index (κ3) is 4.35. The largest absolute Gasteiger partial charge is 0.481 e. The molecule has 1 aromatic rings. The molecule has 1 aliphatic rings. The molecule has 1 amide bonds. The quantitative estimate of drug-likeness (QED) is 0.858. The summed E-state index contributed by atoms with van der Waals surface area (Å²) in [5.74, 6) is 0.888. The maximum Gasteiger partial charge on any atom is 0.263 e. The van der Waals surface area contributed by atoms with Gasteiger partial charge in [0.2, 0.25) is 0 Å². The van der Waals surface area contributed by atoms with Gasteiger partial charge in [-0.2, -0.15) is 0 Å². The van der Waals surface area contributed by atoms with Gasteiger partial charge in [0.15, 0.2) is 6.10 Å². The number of hydrogen-bond acceptors (Lipinski definition) is 3. The summed E-state index contributed by atoms with van der Waals surface area (Å²) in [5, 5.41) is 0. The number of rotatable bonds is 3. The van der Waals surface area contributed by atoms with Crippen molar-refractivity contribution in [1.82, 2.24) is 9.80 Å². The second kappa shape index (κ2) is 7.66. The van der Waals surface area contributed by atoms with Crippen molar-refractivity contribution >= 4 is 18.3 Å². The van der Waals surface area contributed by atoms with E-state index in [1.165, 1.54) is 5.56 Å². The zero-order valence-electron chi connectivity index (χ0n) is 13.3. The second-order valence-electron chi connectivity index (χ2n) is 5.59. The number of ether oxygens (including phenoxy) is 1. The molecule has 0 spiro atoms. The zero-order valence-corrected chi connectivity index (χ0v) is 14.1. The first kappa shape index (κ1) is 17.8. The van der Waals surface area contributed by atoms with Gasteiger partial charge in [0, 0.05) is 26.2 Å². The lowest BCUT2D eigenvalue weighted by Crippen LogP contribution is -2.50. The first-order chi connectivity index (χ1) is 9.49. The van der Waals surface area contributed by atoms with Gasteiger partial charge in [-0.3, -0.25) is 4.79 Å². The van der Waals surface area contributed by atoms with Crippen LogP contribution >= 0.6 is 12.4 Å². The van der Waals surface area contributed by atoms with Crippen LogP contribution in [0.3, 0.4) is 0 Å². The van der Waals surface area contributed by atoms with Crippen molar-refractivity contribution in [2.45, 2.75) is 26.9 Å². The maximum atomic E-state index is 12.4. The lowest BCUT2D eigenvalue weighted by Gasteiger charge is -2.34. The Labute approximate surface area is 133 Å². The lowest BCUT2D eigenvalue weighted by molar-refractivity contribution is -0.139. The summed E-state index contributed by atoms with van der Waals surface area (Å²) in [6, 6.07) is 5.94. The lowest BCUT2D eigenvalue weighted by atomic mass is 10.1. The molecule has 4 nitrogen and oxygen atoms in total. The molecule has 0 aromatic heterocycles. The molecular formula is C16H25ClN2O2. The van der Waals surface area contributed by atoms with Gasteiger partial charge in [0.05, 0.1) is 0 Å². The summed E-state index contributed by atoms with van der Waals surface area (Å²) in [4.78, 5) is 16.5. The Balaban J connectivity index is 0.00000220. The van der Waals surface area contributed by atoms with Crippen LogP contribution in [0.2, 0.25) is 0 Å². The van der Waals surface area contributed by atoms with Crippen molar-refractivity contribution in [2.75, 3.05) is 33.2 Å². The van der Waals surface area contributed by atoms with E-state index in [4.69, 9.17) is 4.74 Å². The summed E-state index contributed by atoms with van der Waals surface area (Å²) in [6.45, 7) is 9.35. The normalized spacial score (nSPS) is 17.0. The van der Waals surface area contributed by atoms with E-state index in [1.54, 1.807) is 0 Å². The molecule has 1 aromatic carbocycles. The summed E-state index contributed by atoms with van der Waals surface area (Å²) >= 11 is 0. The van der Waals surface area contributed by atoms with E-state index < -0.39 is 6.10 Å². The van der Waals surface area contributed by atoms with Crippen molar-refractivity contribution in [3.05, 3.63) is 29.3 Å². The Bertz CT molecular complexity index is 485. The molecule has 1 atom stereocenters. The SMILES string of the molecule is Cc1cccc(OC(C)C(=O)N2CCN(C)CC2)c1C.Cl. The van der Waals surface area contributed by atoms with E-state index in [2.05, 4.69) is 24.9 Å². The molecule has 5 heteroatoms. The highest BCUT2D eigenvalue weighted by Crippen LogP contribution is 2.22. The number of nitrogens with zero attached hydrogens (tertiary/aromatic N) is 2. The van der Waals surface area contributed by atoms with Crippen molar-refractivity contribution < 1.29 is 9.53 Å². The highest BCUT2D eigenvalue weighted by Gasteiger charge is 2.25. The van der Waals surface area contributed by atoms with Gasteiger partial charge in [-0.05, 0) is 45.0 Å². The van der Waals surface area contributed by atoms with Crippen molar-refractivity contribution in [2.24, 2.45) is 0 Å². The fraction of sp³-hybridized carbons (Fsp3) is 0.562. The van der Waals surface area contributed by atoms with Crippen LogP contribution in [0.5, 0.6) is 5.75 Å². The Morgan fingerprint density at radius 1 is 1.19 bits per heavy atom. The Hall–Kier alpha value is -1.26. The van der Waals surface area contributed by atoms with E-state index in [9.17, 15) is 4.79 Å². The number of carbonyl (C=O) groups is 1. The highest BCUT2D eigenvalue weighted by atomic mass is 35.5. The smallest absolute Gasteiger partial charge is 0.263 e. The molecule has 1 heterocycles. The number of piperazine rings is 1. The van der Waals surface area contributed by atoms with Crippen molar-refractivity contribution in [3.8, 4) is 5.75 Å². The molecule has 0 aliphatic carbocycles. The van der Waals surface area contributed by atoms with E-state index in [-0.39, 0.29) is 18.3 Å². The van der Waals surface area contributed by atoms with Crippen LogP contribution in [0, 0.1) is 13.8 Å². The van der Waals surface area contributed by atoms with E-state index >= 15 is 0 Å². The Kier molecular flexibility index (Phi) is 6.49. The van der Waals surface area contributed by atoms with Crippen molar-refractivity contribution in [3.63, 3.8) is 0 Å². The van der Waals surface area contributed by atoms with E-state index in [0.29, 0.717) is 0 Å². The van der Waals surface area contributed by atoms with Crippen LogP contribution in [0.1, 0.15) is 18.1 Å². The van der Waals surface area contributed by atoms with E-state index in [0.717, 1.165) is 37.5 Å². The first-order valence-electron chi connectivity index (χ1n) is 7.19. The van der Waals surface area contributed by atoms with Crippen LogP contribution in [0.15, 0.2) is 18.2 Å². The molecule has 0 saturated carbocycles. The number of halogens is 1.